The number of nitrogens with zero attached hydrogens (tertiary/aromatic N) is 1. The van der Waals surface area contributed by atoms with E-state index >= 15 is 0 Å². The fourth-order valence-electron chi connectivity index (χ4n) is 2.85. The van der Waals surface area contributed by atoms with E-state index in [1.807, 2.05) is 12.1 Å². The van der Waals surface area contributed by atoms with E-state index in [2.05, 4.69) is 52.9 Å². The number of rotatable bonds is 6. The number of ether oxygens (including phenoxy) is 1. The number of carbonyl (C=O) groups is 2. The monoisotopic (exact) mass is 426 g/mol. The highest BCUT2D eigenvalue weighted by molar-refractivity contribution is 5.96. The average Bonchev–Trinajstić information content (AvgIpc) is 2.69. The maximum absolute atomic E-state index is 12.7. The van der Waals surface area contributed by atoms with Crippen LogP contribution in [-0.4, -0.2) is 23.3 Å². The molecule has 31 heavy (non-hydrogen) atoms. The van der Waals surface area contributed by atoms with Gasteiger partial charge in [-0.3, -0.25) is 19.7 Å². The van der Waals surface area contributed by atoms with Gasteiger partial charge in [0.05, 0.1) is 4.92 Å². The molecule has 0 unspecified atom stereocenters. The van der Waals surface area contributed by atoms with Crippen molar-refractivity contribution in [1.82, 2.24) is 5.32 Å². The van der Waals surface area contributed by atoms with Crippen LogP contribution in [0.4, 0.5) is 5.69 Å². The summed E-state index contributed by atoms with van der Waals surface area (Å²) < 4.78 is 5.13. The lowest BCUT2D eigenvalue weighted by Crippen LogP contribution is -2.31. The quantitative estimate of drug-likeness (QED) is 0.411. The van der Waals surface area contributed by atoms with Gasteiger partial charge >= 0.3 is 5.97 Å². The first kappa shape index (κ1) is 24.1. The van der Waals surface area contributed by atoms with Gasteiger partial charge in [-0.1, -0.05) is 59.7 Å². The molecule has 1 amide bonds. The van der Waals surface area contributed by atoms with Crippen LogP contribution in [0.2, 0.25) is 0 Å². The summed E-state index contributed by atoms with van der Waals surface area (Å²) in [6.07, 6.45) is 0. The van der Waals surface area contributed by atoms with Crippen molar-refractivity contribution in [1.29, 1.82) is 0 Å². The largest absolute Gasteiger partial charge is 0.459 e. The second kappa shape index (κ2) is 9.29. The first-order valence-electron chi connectivity index (χ1n) is 10.1. The predicted molar refractivity (Wildman–Crippen MR) is 119 cm³/mol. The summed E-state index contributed by atoms with van der Waals surface area (Å²) >= 11 is 0. The third-order valence-corrected chi connectivity index (χ3v) is 4.84. The number of amides is 1. The summed E-state index contributed by atoms with van der Waals surface area (Å²) in [5.74, 6) is -0.980. The number of hydrogen-bond donors (Lipinski definition) is 1. The highest BCUT2D eigenvalue weighted by atomic mass is 16.6. The Bertz CT molecular complexity index is 952. The van der Waals surface area contributed by atoms with Crippen molar-refractivity contribution in [2.45, 2.75) is 59.0 Å². The second-order valence-electron chi connectivity index (χ2n) is 9.57. The molecular weight excluding hydrogens is 396 g/mol. The normalized spacial score (nSPS) is 11.7. The molecule has 0 heterocycles. The third kappa shape index (κ3) is 6.91. The topological polar surface area (TPSA) is 98.5 Å². The minimum atomic E-state index is -0.622. The van der Waals surface area contributed by atoms with Gasteiger partial charge in [-0.2, -0.15) is 0 Å². The molecule has 7 heteroatoms. The van der Waals surface area contributed by atoms with Crippen LogP contribution in [0.3, 0.4) is 0 Å². The van der Waals surface area contributed by atoms with E-state index in [0.717, 1.165) is 11.1 Å². The van der Waals surface area contributed by atoms with Crippen molar-refractivity contribution in [2.75, 3.05) is 6.54 Å². The fraction of sp³-hybridized carbons (Fsp3) is 0.417. The first-order chi connectivity index (χ1) is 14.3. The van der Waals surface area contributed by atoms with Crippen LogP contribution in [0.25, 0.3) is 0 Å². The molecule has 0 atom stereocenters. The number of nitrogens with one attached hydrogen (secondary N) is 1. The number of carbonyl (C=O) groups excluding carboxylic acids is 2. The second-order valence-corrected chi connectivity index (χ2v) is 9.57. The Morgan fingerprint density at radius 1 is 0.968 bits per heavy atom. The van der Waals surface area contributed by atoms with Crippen molar-refractivity contribution < 1.29 is 19.2 Å². The number of nitro groups is 1. The SMILES string of the molecule is CC(C)(C)c1cc(C(=O)NCC(=O)OCc2cccc([N+](=O)[O-])c2)cc(C(C)(C)C)c1. The lowest BCUT2D eigenvalue weighted by molar-refractivity contribution is -0.384. The molecule has 0 aliphatic heterocycles. The van der Waals surface area contributed by atoms with Crippen molar-refractivity contribution in [2.24, 2.45) is 0 Å². The fourth-order valence-corrected chi connectivity index (χ4v) is 2.85. The van der Waals surface area contributed by atoms with E-state index in [1.54, 1.807) is 6.07 Å². The smallest absolute Gasteiger partial charge is 0.325 e. The number of nitro benzene ring substituents is 1. The number of hydrogen-bond acceptors (Lipinski definition) is 5. The van der Waals surface area contributed by atoms with Crippen LogP contribution in [0, 0.1) is 10.1 Å². The maximum atomic E-state index is 12.7. The zero-order valence-corrected chi connectivity index (χ0v) is 18.9. The minimum Gasteiger partial charge on any atom is -0.459 e. The van der Waals surface area contributed by atoms with Crippen LogP contribution >= 0.6 is 0 Å². The van der Waals surface area contributed by atoms with E-state index in [0.29, 0.717) is 11.1 Å². The molecule has 2 rings (SSSR count). The summed E-state index contributed by atoms with van der Waals surface area (Å²) in [4.78, 5) is 35.1. The average molecular weight is 427 g/mol. The van der Waals surface area contributed by atoms with Gasteiger partial charge in [0.2, 0.25) is 0 Å². The Kier molecular flexibility index (Phi) is 7.21. The van der Waals surface area contributed by atoms with Crippen LogP contribution in [0.1, 0.15) is 68.6 Å². The maximum Gasteiger partial charge on any atom is 0.325 e. The van der Waals surface area contributed by atoms with Gasteiger partial charge in [-0.05, 0) is 39.7 Å². The molecule has 1 N–H and O–H groups in total. The summed E-state index contributed by atoms with van der Waals surface area (Å²) in [7, 11) is 0. The zero-order valence-electron chi connectivity index (χ0n) is 18.9. The molecule has 0 saturated carbocycles. The van der Waals surface area contributed by atoms with Gasteiger partial charge in [0, 0.05) is 17.7 Å². The molecule has 0 aromatic heterocycles. The highest BCUT2D eigenvalue weighted by Crippen LogP contribution is 2.30. The Morgan fingerprint density at radius 2 is 1.55 bits per heavy atom. The molecule has 0 fully saturated rings. The van der Waals surface area contributed by atoms with Crippen LogP contribution in [0.15, 0.2) is 42.5 Å². The lowest BCUT2D eigenvalue weighted by atomic mass is 9.79. The van der Waals surface area contributed by atoms with Gasteiger partial charge in [0.15, 0.2) is 0 Å². The van der Waals surface area contributed by atoms with Crippen molar-refractivity contribution in [3.05, 3.63) is 74.8 Å². The first-order valence-corrected chi connectivity index (χ1v) is 10.1. The van der Waals surface area contributed by atoms with Gasteiger partial charge in [0.1, 0.15) is 13.2 Å². The van der Waals surface area contributed by atoms with E-state index in [1.165, 1.54) is 18.2 Å². The third-order valence-electron chi connectivity index (χ3n) is 4.84. The van der Waals surface area contributed by atoms with Gasteiger partial charge in [-0.25, -0.2) is 0 Å². The highest BCUT2D eigenvalue weighted by Gasteiger charge is 2.22. The van der Waals surface area contributed by atoms with Crippen LogP contribution in [-0.2, 0) is 27.0 Å². The number of benzene rings is 2. The Morgan fingerprint density at radius 3 is 2.06 bits per heavy atom. The minimum absolute atomic E-state index is 0.0739. The predicted octanol–water partition coefficient (Wildman–Crippen LogP) is 4.66. The van der Waals surface area contributed by atoms with E-state index in [4.69, 9.17) is 4.74 Å². The van der Waals surface area contributed by atoms with Gasteiger partial charge in [-0.15, -0.1) is 0 Å². The summed E-state index contributed by atoms with van der Waals surface area (Å²) in [6.45, 7) is 12.1. The van der Waals surface area contributed by atoms with Crippen LogP contribution in [0.5, 0.6) is 0 Å². The Labute approximate surface area is 183 Å². The molecule has 2 aromatic carbocycles. The summed E-state index contributed by atoms with van der Waals surface area (Å²) in [5, 5.41) is 13.4. The number of esters is 1. The molecule has 0 aliphatic rings. The summed E-state index contributed by atoms with van der Waals surface area (Å²) in [6, 6.07) is 11.7. The molecule has 0 aliphatic carbocycles. The van der Waals surface area contributed by atoms with E-state index < -0.39 is 10.9 Å². The molecule has 166 valence electrons. The molecule has 2 aromatic rings. The van der Waals surface area contributed by atoms with E-state index in [9.17, 15) is 19.7 Å². The molecule has 0 bridgehead atoms. The zero-order chi connectivity index (χ0) is 23.4. The van der Waals surface area contributed by atoms with Gasteiger partial charge < -0.3 is 10.1 Å². The Balaban J connectivity index is 2.04. The van der Waals surface area contributed by atoms with E-state index in [-0.39, 0.29) is 35.6 Å². The molecule has 0 saturated heterocycles. The summed E-state index contributed by atoms with van der Waals surface area (Å²) in [5.41, 5.74) is 2.73. The van der Waals surface area contributed by atoms with Crippen molar-refractivity contribution in [3.63, 3.8) is 0 Å². The molecular formula is C24H30N2O5. The van der Waals surface area contributed by atoms with Gasteiger partial charge in [0.25, 0.3) is 11.6 Å². The lowest BCUT2D eigenvalue weighted by Gasteiger charge is -2.26. The van der Waals surface area contributed by atoms with Crippen molar-refractivity contribution >= 4 is 17.6 Å². The molecule has 0 spiro atoms. The Hall–Kier alpha value is -3.22. The van der Waals surface area contributed by atoms with Crippen molar-refractivity contribution in [3.8, 4) is 0 Å². The number of non-ortho nitro benzene ring substituents is 1. The molecule has 0 radical (unpaired) electrons. The van der Waals surface area contributed by atoms with Crippen LogP contribution < -0.4 is 5.32 Å². The molecule has 7 nitrogen and oxygen atoms in total. The standard InChI is InChI=1S/C24H30N2O5/c1-23(2,3)18-11-17(12-19(13-18)24(4,5)6)22(28)25-14-21(27)31-15-16-8-7-9-20(10-16)26(29)30/h7-13H,14-15H2,1-6H3,(H,25,28).